The Hall–Kier alpha value is -0.450. The van der Waals surface area contributed by atoms with Crippen molar-refractivity contribution >= 4 is 11.3 Å². The average molecular weight is 266 g/mol. The Morgan fingerprint density at radius 1 is 1.56 bits per heavy atom. The van der Waals surface area contributed by atoms with Crippen LogP contribution >= 0.6 is 11.3 Å². The number of aryl methyl sites for hydroxylation is 1. The minimum atomic E-state index is 0.257. The van der Waals surface area contributed by atoms with Gasteiger partial charge in [-0.15, -0.1) is 11.3 Å². The van der Waals surface area contributed by atoms with Gasteiger partial charge >= 0.3 is 0 Å². The molecule has 0 bridgehead atoms. The highest BCUT2D eigenvalue weighted by Gasteiger charge is 2.42. The SMILES string of the molecule is Cc1csc(CC2(CNC3CC3)CCOC2C)n1. The van der Waals surface area contributed by atoms with E-state index in [2.05, 4.69) is 29.5 Å². The van der Waals surface area contributed by atoms with Gasteiger partial charge in [-0.05, 0) is 33.1 Å². The topological polar surface area (TPSA) is 34.1 Å². The average Bonchev–Trinajstić information content (AvgIpc) is 3.00. The lowest BCUT2D eigenvalue weighted by atomic mass is 9.78. The fourth-order valence-corrected chi connectivity index (χ4v) is 3.69. The first-order valence-electron chi connectivity index (χ1n) is 6.94. The van der Waals surface area contributed by atoms with Gasteiger partial charge in [0.05, 0.1) is 11.1 Å². The normalized spacial score (nSPS) is 32.0. The number of hydrogen-bond donors (Lipinski definition) is 1. The van der Waals surface area contributed by atoms with E-state index in [0.29, 0.717) is 6.10 Å². The molecule has 1 saturated heterocycles. The predicted octanol–water partition coefficient (Wildman–Crippen LogP) is 2.54. The van der Waals surface area contributed by atoms with Crippen LogP contribution in [0.4, 0.5) is 0 Å². The number of nitrogens with zero attached hydrogens (tertiary/aromatic N) is 1. The van der Waals surface area contributed by atoms with Crippen molar-refractivity contribution < 1.29 is 4.74 Å². The first-order chi connectivity index (χ1) is 8.68. The summed E-state index contributed by atoms with van der Waals surface area (Å²) in [5.41, 5.74) is 1.40. The van der Waals surface area contributed by atoms with Gasteiger partial charge in [0, 0.05) is 42.1 Å². The van der Waals surface area contributed by atoms with E-state index in [-0.39, 0.29) is 5.41 Å². The van der Waals surface area contributed by atoms with Crippen LogP contribution in [0.2, 0.25) is 0 Å². The molecule has 2 unspecified atom stereocenters. The van der Waals surface area contributed by atoms with E-state index in [1.807, 2.05) is 0 Å². The number of thiazole rings is 1. The zero-order valence-corrected chi connectivity index (χ0v) is 12.1. The summed E-state index contributed by atoms with van der Waals surface area (Å²) >= 11 is 1.79. The zero-order chi connectivity index (χ0) is 12.6. The summed E-state index contributed by atoms with van der Waals surface area (Å²) in [6.45, 7) is 6.28. The second kappa shape index (κ2) is 4.91. The fourth-order valence-electron chi connectivity index (χ4n) is 2.77. The third-order valence-corrected chi connectivity index (χ3v) is 5.29. The predicted molar refractivity (Wildman–Crippen MR) is 74.0 cm³/mol. The van der Waals surface area contributed by atoms with Crippen molar-refractivity contribution in [2.45, 2.75) is 51.7 Å². The standard InChI is InChI=1S/C14H22N2OS/c1-10-8-18-13(16-10)7-14(5-6-17-11(14)2)9-15-12-3-4-12/h8,11-12,15H,3-7,9H2,1-2H3. The lowest BCUT2D eigenvalue weighted by Crippen LogP contribution is -2.42. The molecule has 2 atom stereocenters. The quantitative estimate of drug-likeness (QED) is 0.889. The van der Waals surface area contributed by atoms with Crippen molar-refractivity contribution in [1.82, 2.24) is 10.3 Å². The molecule has 1 aliphatic carbocycles. The van der Waals surface area contributed by atoms with E-state index in [1.165, 1.54) is 17.8 Å². The third-order valence-electron chi connectivity index (χ3n) is 4.32. The molecule has 0 aromatic carbocycles. The summed E-state index contributed by atoms with van der Waals surface area (Å²) < 4.78 is 5.84. The van der Waals surface area contributed by atoms with Gasteiger partial charge < -0.3 is 10.1 Å². The molecule has 100 valence electrons. The molecular formula is C14H22N2OS. The van der Waals surface area contributed by atoms with Gasteiger partial charge in [0.2, 0.25) is 0 Å². The van der Waals surface area contributed by atoms with E-state index in [0.717, 1.165) is 37.7 Å². The molecule has 2 fully saturated rings. The Morgan fingerprint density at radius 2 is 2.39 bits per heavy atom. The molecule has 3 nitrogen and oxygen atoms in total. The van der Waals surface area contributed by atoms with E-state index in [9.17, 15) is 0 Å². The maximum Gasteiger partial charge on any atom is 0.0935 e. The molecule has 0 spiro atoms. The summed E-state index contributed by atoms with van der Waals surface area (Å²) in [4.78, 5) is 4.63. The van der Waals surface area contributed by atoms with Crippen LogP contribution in [0.25, 0.3) is 0 Å². The number of nitrogens with one attached hydrogen (secondary N) is 1. The molecule has 0 radical (unpaired) electrons. The highest BCUT2D eigenvalue weighted by molar-refractivity contribution is 7.09. The van der Waals surface area contributed by atoms with Crippen LogP contribution in [0, 0.1) is 12.3 Å². The van der Waals surface area contributed by atoms with Gasteiger partial charge in [0.1, 0.15) is 0 Å². The molecule has 2 aliphatic rings. The van der Waals surface area contributed by atoms with E-state index in [4.69, 9.17) is 4.74 Å². The number of rotatable bonds is 5. The molecule has 1 aromatic heterocycles. The summed E-state index contributed by atoms with van der Waals surface area (Å²) in [6, 6.07) is 0.771. The Kier molecular flexibility index (Phi) is 3.43. The minimum Gasteiger partial charge on any atom is -0.378 e. The van der Waals surface area contributed by atoms with Gasteiger partial charge in [0.15, 0.2) is 0 Å². The van der Waals surface area contributed by atoms with E-state index in [1.54, 1.807) is 11.3 Å². The molecule has 4 heteroatoms. The van der Waals surface area contributed by atoms with Gasteiger partial charge in [-0.25, -0.2) is 4.98 Å². The Morgan fingerprint density at radius 3 is 2.94 bits per heavy atom. The van der Waals surface area contributed by atoms with E-state index >= 15 is 0 Å². The van der Waals surface area contributed by atoms with E-state index < -0.39 is 0 Å². The monoisotopic (exact) mass is 266 g/mol. The third kappa shape index (κ3) is 2.60. The van der Waals surface area contributed by atoms with Gasteiger partial charge in [-0.2, -0.15) is 0 Å². The summed E-state index contributed by atoms with van der Waals surface area (Å²) in [5.74, 6) is 0. The molecule has 0 amide bonds. The van der Waals surface area contributed by atoms with Crippen LogP contribution in [0.5, 0.6) is 0 Å². The first kappa shape index (κ1) is 12.6. The maximum atomic E-state index is 5.84. The van der Waals surface area contributed by atoms with Crippen LogP contribution in [-0.4, -0.2) is 30.3 Å². The molecule has 1 aromatic rings. The van der Waals surface area contributed by atoms with Crippen molar-refractivity contribution in [3.05, 3.63) is 16.1 Å². The number of aromatic nitrogens is 1. The van der Waals surface area contributed by atoms with Crippen molar-refractivity contribution in [3.63, 3.8) is 0 Å². The second-order valence-electron chi connectivity index (χ2n) is 5.84. The lowest BCUT2D eigenvalue weighted by Gasteiger charge is -2.32. The summed E-state index contributed by atoms with van der Waals surface area (Å²) in [7, 11) is 0. The number of hydrogen-bond acceptors (Lipinski definition) is 4. The smallest absolute Gasteiger partial charge is 0.0935 e. The van der Waals surface area contributed by atoms with Crippen molar-refractivity contribution in [3.8, 4) is 0 Å². The maximum absolute atomic E-state index is 5.84. The molecule has 2 heterocycles. The second-order valence-corrected chi connectivity index (χ2v) is 6.78. The van der Waals surface area contributed by atoms with Crippen molar-refractivity contribution in [2.75, 3.05) is 13.2 Å². The van der Waals surface area contributed by atoms with Gasteiger partial charge in [-0.1, -0.05) is 0 Å². The zero-order valence-electron chi connectivity index (χ0n) is 11.2. The van der Waals surface area contributed by atoms with Crippen molar-refractivity contribution in [2.24, 2.45) is 5.41 Å². The van der Waals surface area contributed by atoms with Crippen LogP contribution in [0.15, 0.2) is 5.38 Å². The molecular weight excluding hydrogens is 244 g/mol. The Balaban J connectivity index is 1.71. The highest BCUT2D eigenvalue weighted by Crippen LogP contribution is 2.39. The molecule has 3 rings (SSSR count). The first-order valence-corrected chi connectivity index (χ1v) is 7.82. The molecule has 1 N–H and O–H groups in total. The fraction of sp³-hybridized carbons (Fsp3) is 0.786. The largest absolute Gasteiger partial charge is 0.378 e. The lowest BCUT2D eigenvalue weighted by molar-refractivity contribution is 0.0628. The van der Waals surface area contributed by atoms with Crippen LogP contribution < -0.4 is 5.32 Å². The Labute approximate surface area is 113 Å². The van der Waals surface area contributed by atoms with Crippen LogP contribution in [-0.2, 0) is 11.2 Å². The van der Waals surface area contributed by atoms with Crippen LogP contribution in [0.3, 0.4) is 0 Å². The summed E-state index contributed by atoms with van der Waals surface area (Å²) in [5, 5.41) is 7.11. The molecule has 1 aliphatic heterocycles. The van der Waals surface area contributed by atoms with Gasteiger partial charge in [-0.3, -0.25) is 0 Å². The summed E-state index contributed by atoms with van der Waals surface area (Å²) in [6.07, 6.45) is 5.26. The van der Waals surface area contributed by atoms with Crippen LogP contribution in [0.1, 0.15) is 36.9 Å². The molecule has 1 saturated carbocycles. The highest BCUT2D eigenvalue weighted by atomic mass is 32.1. The minimum absolute atomic E-state index is 0.257. The number of ether oxygens (including phenoxy) is 1. The molecule has 18 heavy (non-hydrogen) atoms. The van der Waals surface area contributed by atoms with Gasteiger partial charge in [0.25, 0.3) is 0 Å². The van der Waals surface area contributed by atoms with Crippen molar-refractivity contribution in [1.29, 1.82) is 0 Å². The Bertz CT molecular complexity index is 416.